The Morgan fingerprint density at radius 2 is 1.80 bits per heavy atom. The first-order chi connectivity index (χ1) is 14.2. The number of ether oxygens (including phenoxy) is 1. The molecule has 2 aromatic rings. The van der Waals surface area contributed by atoms with Crippen molar-refractivity contribution in [3.63, 3.8) is 0 Å². The van der Waals surface area contributed by atoms with E-state index in [-0.39, 0.29) is 11.9 Å². The first-order valence-electron chi connectivity index (χ1n) is 10.3. The number of nitrogens with zero attached hydrogens (tertiary/aromatic N) is 1. The summed E-state index contributed by atoms with van der Waals surface area (Å²) in [5.74, 6) is 0.357. The zero-order chi connectivity index (χ0) is 21.9. The van der Waals surface area contributed by atoms with Gasteiger partial charge in [-0.1, -0.05) is 25.1 Å². The van der Waals surface area contributed by atoms with Crippen LogP contribution in [0.2, 0.25) is 0 Å². The molecule has 0 aliphatic heterocycles. The molecule has 3 rings (SSSR count). The molecule has 1 aliphatic rings. The van der Waals surface area contributed by atoms with Crippen molar-refractivity contribution in [3.8, 4) is 5.75 Å². The van der Waals surface area contributed by atoms with Crippen LogP contribution in [0.3, 0.4) is 0 Å². The molecule has 30 heavy (non-hydrogen) atoms. The molecule has 0 bridgehead atoms. The molecule has 2 aromatic carbocycles. The van der Waals surface area contributed by atoms with Gasteiger partial charge in [0.25, 0.3) is 5.91 Å². The maximum Gasteiger partial charge on any atom is 0.261 e. The summed E-state index contributed by atoms with van der Waals surface area (Å²) >= 11 is 0. The number of carbonyl (C=O) groups is 1. The van der Waals surface area contributed by atoms with Gasteiger partial charge in [0.05, 0.1) is 18.0 Å². The highest BCUT2D eigenvalue weighted by Crippen LogP contribution is 2.26. The van der Waals surface area contributed by atoms with Crippen molar-refractivity contribution < 1.29 is 17.9 Å². The minimum absolute atomic E-state index is 0.105. The topological polar surface area (TPSA) is 75.7 Å². The third-order valence-electron chi connectivity index (χ3n) is 5.62. The standard InChI is InChI=1S/C23H30N2O4S/c1-5-22(29-21-13-11-20(12-14-21)25(3)30(4,27)28)23(26)24-16(2)18-10-9-17-7-6-8-19(17)15-18/h9-16,22H,5-8H2,1-4H3,(H,24,26)/t16-,22-/m1/s1. The lowest BCUT2D eigenvalue weighted by Crippen LogP contribution is -2.39. The number of aryl methyl sites for hydroxylation is 2. The van der Waals surface area contributed by atoms with E-state index in [0.717, 1.165) is 24.7 Å². The average molecular weight is 431 g/mol. The summed E-state index contributed by atoms with van der Waals surface area (Å²) in [6.45, 7) is 3.88. The van der Waals surface area contributed by atoms with Crippen LogP contribution in [0.1, 0.15) is 49.4 Å². The quantitative estimate of drug-likeness (QED) is 0.694. The summed E-state index contributed by atoms with van der Waals surface area (Å²) in [6, 6.07) is 13.0. The Kier molecular flexibility index (Phi) is 6.71. The minimum Gasteiger partial charge on any atom is -0.481 e. The average Bonchev–Trinajstić information content (AvgIpc) is 3.19. The lowest BCUT2D eigenvalue weighted by Gasteiger charge is -2.22. The summed E-state index contributed by atoms with van der Waals surface area (Å²) in [5, 5.41) is 3.06. The largest absolute Gasteiger partial charge is 0.481 e. The number of benzene rings is 2. The summed E-state index contributed by atoms with van der Waals surface area (Å²) in [6.07, 6.45) is 4.49. The first kappa shape index (κ1) is 22.2. The number of amides is 1. The van der Waals surface area contributed by atoms with Gasteiger partial charge in [0.15, 0.2) is 6.10 Å². The fraction of sp³-hybridized carbons (Fsp3) is 0.435. The van der Waals surface area contributed by atoms with Gasteiger partial charge >= 0.3 is 0 Å². The van der Waals surface area contributed by atoms with Gasteiger partial charge in [0, 0.05) is 7.05 Å². The molecule has 0 saturated carbocycles. The number of carbonyl (C=O) groups excluding carboxylic acids is 1. The fourth-order valence-corrected chi connectivity index (χ4v) is 4.17. The monoisotopic (exact) mass is 430 g/mol. The first-order valence-corrected chi connectivity index (χ1v) is 12.2. The molecule has 1 aliphatic carbocycles. The van der Waals surface area contributed by atoms with Gasteiger partial charge < -0.3 is 10.1 Å². The molecule has 0 heterocycles. The van der Waals surface area contributed by atoms with E-state index in [1.165, 1.54) is 28.9 Å². The van der Waals surface area contributed by atoms with E-state index in [1.807, 2.05) is 13.8 Å². The number of fused-ring (bicyclic) bond motifs is 1. The van der Waals surface area contributed by atoms with Crippen LogP contribution in [0.4, 0.5) is 5.69 Å². The normalized spacial score (nSPS) is 15.2. The van der Waals surface area contributed by atoms with Crippen molar-refractivity contribution in [2.45, 2.75) is 51.7 Å². The maximum absolute atomic E-state index is 12.8. The van der Waals surface area contributed by atoms with E-state index in [9.17, 15) is 13.2 Å². The number of hydrogen-bond acceptors (Lipinski definition) is 4. The smallest absolute Gasteiger partial charge is 0.261 e. The molecule has 0 aromatic heterocycles. The van der Waals surface area contributed by atoms with Crippen LogP contribution in [-0.2, 0) is 27.7 Å². The number of rotatable bonds is 8. The molecule has 0 unspecified atom stereocenters. The van der Waals surface area contributed by atoms with Gasteiger partial charge in [-0.15, -0.1) is 0 Å². The van der Waals surface area contributed by atoms with Crippen molar-refractivity contribution in [2.24, 2.45) is 0 Å². The van der Waals surface area contributed by atoms with Gasteiger partial charge in [0.1, 0.15) is 5.75 Å². The van der Waals surface area contributed by atoms with Crippen LogP contribution in [0.25, 0.3) is 0 Å². The molecule has 0 fully saturated rings. The second-order valence-electron chi connectivity index (χ2n) is 7.85. The lowest BCUT2D eigenvalue weighted by molar-refractivity contribution is -0.128. The molecule has 2 atom stereocenters. The summed E-state index contributed by atoms with van der Waals surface area (Å²) in [7, 11) is -1.83. The van der Waals surface area contributed by atoms with E-state index in [2.05, 4.69) is 23.5 Å². The predicted molar refractivity (Wildman–Crippen MR) is 119 cm³/mol. The van der Waals surface area contributed by atoms with Crippen molar-refractivity contribution >= 4 is 21.6 Å². The SMILES string of the molecule is CC[C@@H](Oc1ccc(N(C)S(C)(=O)=O)cc1)C(=O)N[C@H](C)c1ccc2c(c1)CCC2. The molecule has 1 amide bonds. The zero-order valence-electron chi connectivity index (χ0n) is 18.0. The van der Waals surface area contributed by atoms with Crippen LogP contribution < -0.4 is 14.4 Å². The van der Waals surface area contributed by atoms with Crippen LogP contribution in [0.15, 0.2) is 42.5 Å². The molecule has 0 spiro atoms. The number of sulfonamides is 1. The summed E-state index contributed by atoms with van der Waals surface area (Å²) in [4.78, 5) is 12.8. The Morgan fingerprint density at radius 3 is 2.43 bits per heavy atom. The molecule has 7 heteroatoms. The number of anilines is 1. The Labute approximate surface area is 179 Å². The highest BCUT2D eigenvalue weighted by Gasteiger charge is 2.22. The maximum atomic E-state index is 12.8. The van der Waals surface area contributed by atoms with Crippen LogP contribution in [0, 0.1) is 0 Å². The summed E-state index contributed by atoms with van der Waals surface area (Å²) < 4.78 is 30.4. The third kappa shape index (κ3) is 5.14. The van der Waals surface area contributed by atoms with Gasteiger partial charge in [0.2, 0.25) is 10.0 Å². The van der Waals surface area contributed by atoms with Gasteiger partial charge in [-0.25, -0.2) is 8.42 Å². The van der Waals surface area contributed by atoms with Crippen molar-refractivity contribution in [1.29, 1.82) is 0 Å². The highest BCUT2D eigenvalue weighted by atomic mass is 32.2. The molecule has 0 radical (unpaired) electrons. The molecule has 162 valence electrons. The number of nitrogens with one attached hydrogen (secondary N) is 1. The van der Waals surface area contributed by atoms with E-state index in [1.54, 1.807) is 24.3 Å². The Morgan fingerprint density at radius 1 is 1.13 bits per heavy atom. The summed E-state index contributed by atoms with van der Waals surface area (Å²) in [5.41, 5.74) is 4.44. The molecular weight excluding hydrogens is 400 g/mol. The van der Waals surface area contributed by atoms with E-state index < -0.39 is 16.1 Å². The van der Waals surface area contributed by atoms with Gasteiger partial charge in [-0.2, -0.15) is 0 Å². The second kappa shape index (κ2) is 9.08. The lowest BCUT2D eigenvalue weighted by atomic mass is 10.0. The third-order valence-corrected chi connectivity index (χ3v) is 6.83. The molecular formula is C23H30N2O4S. The van der Waals surface area contributed by atoms with Crippen molar-refractivity contribution in [2.75, 3.05) is 17.6 Å². The van der Waals surface area contributed by atoms with E-state index >= 15 is 0 Å². The minimum atomic E-state index is -3.33. The van der Waals surface area contributed by atoms with Gasteiger partial charge in [-0.3, -0.25) is 9.10 Å². The van der Waals surface area contributed by atoms with E-state index in [4.69, 9.17) is 4.74 Å². The van der Waals surface area contributed by atoms with Crippen molar-refractivity contribution in [1.82, 2.24) is 5.32 Å². The van der Waals surface area contributed by atoms with Crippen LogP contribution >= 0.6 is 0 Å². The zero-order valence-corrected chi connectivity index (χ0v) is 18.8. The molecule has 1 N–H and O–H groups in total. The highest BCUT2D eigenvalue weighted by molar-refractivity contribution is 7.92. The van der Waals surface area contributed by atoms with Gasteiger partial charge in [-0.05, 0) is 73.6 Å². The Bertz CT molecular complexity index is 1000. The molecule has 6 nitrogen and oxygen atoms in total. The fourth-order valence-electron chi connectivity index (χ4n) is 3.66. The van der Waals surface area contributed by atoms with E-state index in [0.29, 0.717) is 17.9 Å². The Balaban J connectivity index is 1.63. The molecule has 0 saturated heterocycles. The van der Waals surface area contributed by atoms with Crippen LogP contribution in [-0.4, -0.2) is 33.7 Å². The predicted octanol–water partition coefficient (Wildman–Crippen LogP) is 3.61. The number of hydrogen-bond donors (Lipinski definition) is 1. The Hall–Kier alpha value is -2.54. The van der Waals surface area contributed by atoms with Crippen molar-refractivity contribution in [3.05, 3.63) is 59.2 Å². The second-order valence-corrected chi connectivity index (χ2v) is 9.86. The van der Waals surface area contributed by atoms with Crippen LogP contribution in [0.5, 0.6) is 5.75 Å².